The number of benzene rings is 1. The zero-order valence-electron chi connectivity index (χ0n) is 20.5. The molecule has 2 aromatic rings. The van der Waals surface area contributed by atoms with Crippen molar-refractivity contribution in [2.45, 2.75) is 38.7 Å². The Kier molecular flexibility index (Phi) is 6.93. The Morgan fingerprint density at radius 3 is 2.56 bits per heavy atom. The zero-order chi connectivity index (χ0) is 25.0. The third-order valence-corrected chi connectivity index (χ3v) is 7.53. The van der Waals surface area contributed by atoms with Crippen molar-refractivity contribution in [2.75, 3.05) is 31.1 Å². The lowest BCUT2D eigenvalue weighted by atomic mass is 9.78. The number of likely N-dealkylation sites (tertiary alicyclic amines) is 1. The third kappa shape index (κ3) is 5.37. The summed E-state index contributed by atoms with van der Waals surface area (Å²) in [5, 5.41) is 2.92. The fourth-order valence-electron chi connectivity index (χ4n) is 5.25. The number of pyridine rings is 1. The third-order valence-electron chi connectivity index (χ3n) is 7.53. The number of hydrogen-bond acceptors (Lipinski definition) is 6. The van der Waals surface area contributed by atoms with E-state index in [-0.39, 0.29) is 17.4 Å². The first-order chi connectivity index (χ1) is 17.5. The molecule has 3 heterocycles. The summed E-state index contributed by atoms with van der Waals surface area (Å²) in [5.74, 6) is 0.694. The summed E-state index contributed by atoms with van der Waals surface area (Å²) in [6.07, 6.45) is 9.83. The van der Waals surface area contributed by atoms with Crippen LogP contribution in [0.3, 0.4) is 0 Å². The molecule has 2 fully saturated rings. The lowest BCUT2D eigenvalue weighted by Crippen LogP contribution is -2.44. The van der Waals surface area contributed by atoms with Gasteiger partial charge < -0.3 is 25.6 Å². The monoisotopic (exact) mass is 487 g/mol. The van der Waals surface area contributed by atoms with Gasteiger partial charge in [0.05, 0.1) is 11.3 Å². The first kappa shape index (κ1) is 23.9. The number of nitrogens with two attached hydrogens (primary N) is 1. The number of nitrogens with one attached hydrogen (secondary N) is 1. The highest BCUT2D eigenvalue weighted by Crippen LogP contribution is 2.41. The Labute approximate surface area is 211 Å². The molecule has 0 atom stereocenters. The van der Waals surface area contributed by atoms with E-state index in [9.17, 15) is 9.59 Å². The average molecular weight is 488 g/mol. The maximum atomic E-state index is 12.6. The normalized spacial score (nSPS) is 19.0. The highest BCUT2D eigenvalue weighted by Gasteiger charge is 2.42. The number of carbonyl (C=O) groups excluding carboxylic acids is 2. The molecule has 8 heteroatoms. The Hall–Kier alpha value is -3.81. The molecule has 3 aliphatic rings. The van der Waals surface area contributed by atoms with Crippen LogP contribution in [0.15, 0.2) is 72.2 Å². The second-order valence-electron chi connectivity index (χ2n) is 9.93. The van der Waals surface area contributed by atoms with Crippen LogP contribution in [0.4, 0.5) is 10.6 Å². The van der Waals surface area contributed by atoms with Crippen molar-refractivity contribution in [2.24, 2.45) is 11.1 Å². The number of amides is 2. The molecule has 0 unspecified atom stereocenters. The van der Waals surface area contributed by atoms with Crippen LogP contribution < -0.4 is 16.0 Å². The van der Waals surface area contributed by atoms with E-state index in [2.05, 4.69) is 15.2 Å². The number of hydrogen-bond donors (Lipinski definition) is 2. The minimum absolute atomic E-state index is 0.187. The van der Waals surface area contributed by atoms with Crippen LogP contribution >= 0.6 is 0 Å². The van der Waals surface area contributed by atoms with Gasteiger partial charge in [0.1, 0.15) is 12.4 Å². The van der Waals surface area contributed by atoms with Crippen molar-refractivity contribution in [1.82, 2.24) is 15.2 Å². The molecular weight excluding hydrogens is 454 g/mol. The molecule has 188 valence electrons. The smallest absolute Gasteiger partial charge is 0.410 e. The molecule has 3 N–H and O–H groups in total. The van der Waals surface area contributed by atoms with Gasteiger partial charge >= 0.3 is 6.09 Å². The van der Waals surface area contributed by atoms with Gasteiger partial charge in [-0.05, 0) is 61.3 Å². The zero-order valence-corrected chi connectivity index (χ0v) is 20.5. The Balaban J connectivity index is 1.12. The molecule has 2 aliphatic heterocycles. The van der Waals surface area contributed by atoms with Gasteiger partial charge in [0, 0.05) is 38.1 Å². The molecule has 1 aromatic heterocycles. The van der Waals surface area contributed by atoms with Gasteiger partial charge in [0.25, 0.3) is 5.91 Å². The van der Waals surface area contributed by atoms with Gasteiger partial charge in [-0.3, -0.25) is 4.79 Å². The van der Waals surface area contributed by atoms with Gasteiger partial charge in [0.15, 0.2) is 0 Å². The topological polar surface area (TPSA) is 101 Å². The standard InChI is InChI=1S/C28H33N5O3/c29-23-8-4-5-9-24(23)31-26(34)22-10-11-25(30-18-22)33-17-14-28(20-33)12-15-32(16-13-28)27(35)36-19-21-6-2-1-3-7-21/h1-4,6-8,10-11,18H,5,9,12-17,19-20,29H2,(H,31,34). The van der Waals surface area contributed by atoms with Crippen LogP contribution in [-0.2, 0) is 11.3 Å². The van der Waals surface area contributed by atoms with Crippen LogP contribution in [0.2, 0.25) is 0 Å². The van der Waals surface area contributed by atoms with E-state index < -0.39 is 0 Å². The Bertz CT molecular complexity index is 1150. The van der Waals surface area contributed by atoms with E-state index in [1.807, 2.05) is 59.5 Å². The molecule has 1 aliphatic carbocycles. The van der Waals surface area contributed by atoms with Crippen molar-refractivity contribution in [3.63, 3.8) is 0 Å². The number of anilines is 1. The summed E-state index contributed by atoms with van der Waals surface area (Å²) in [6.45, 7) is 3.56. The van der Waals surface area contributed by atoms with Crippen LogP contribution in [0.5, 0.6) is 0 Å². The first-order valence-electron chi connectivity index (χ1n) is 12.6. The molecular formula is C28H33N5O3. The largest absolute Gasteiger partial charge is 0.445 e. The lowest BCUT2D eigenvalue weighted by Gasteiger charge is -2.38. The molecule has 1 aromatic carbocycles. The maximum absolute atomic E-state index is 12.6. The number of ether oxygens (including phenoxy) is 1. The number of rotatable bonds is 5. The first-order valence-corrected chi connectivity index (χ1v) is 12.6. The van der Waals surface area contributed by atoms with Crippen LogP contribution in [0, 0.1) is 5.41 Å². The van der Waals surface area contributed by atoms with Crippen LogP contribution in [0.25, 0.3) is 0 Å². The number of nitrogens with zero attached hydrogens (tertiary/aromatic N) is 3. The van der Waals surface area contributed by atoms with Crippen molar-refractivity contribution in [1.29, 1.82) is 0 Å². The number of carbonyl (C=O) groups is 2. The second-order valence-corrected chi connectivity index (χ2v) is 9.93. The predicted octanol–water partition coefficient (Wildman–Crippen LogP) is 3.96. The molecule has 8 nitrogen and oxygen atoms in total. The van der Waals surface area contributed by atoms with E-state index in [1.54, 1.807) is 6.20 Å². The molecule has 1 spiro atoms. The summed E-state index contributed by atoms with van der Waals surface area (Å²) in [6, 6.07) is 13.5. The van der Waals surface area contributed by atoms with E-state index in [4.69, 9.17) is 10.5 Å². The van der Waals surface area contributed by atoms with Gasteiger partial charge in [-0.25, -0.2) is 9.78 Å². The van der Waals surface area contributed by atoms with E-state index in [1.165, 1.54) is 0 Å². The number of aromatic nitrogens is 1. The average Bonchev–Trinajstić information content (AvgIpc) is 3.33. The minimum atomic E-state index is -0.235. The van der Waals surface area contributed by atoms with Crippen LogP contribution in [-0.4, -0.2) is 48.1 Å². The van der Waals surface area contributed by atoms with Gasteiger partial charge in [-0.2, -0.15) is 0 Å². The highest BCUT2D eigenvalue weighted by atomic mass is 16.6. The summed E-state index contributed by atoms with van der Waals surface area (Å²) >= 11 is 0. The second kappa shape index (κ2) is 10.4. The fraction of sp³-hybridized carbons (Fsp3) is 0.393. The number of allylic oxidation sites excluding steroid dienone is 3. The maximum Gasteiger partial charge on any atom is 0.410 e. The number of piperidine rings is 1. The Morgan fingerprint density at radius 1 is 1.06 bits per heavy atom. The SMILES string of the molecule is NC1=C(NC(=O)c2ccc(N3CCC4(CCN(C(=O)OCc5ccccc5)CC4)C3)nc2)CCC=C1. The molecule has 5 rings (SSSR count). The lowest BCUT2D eigenvalue weighted by molar-refractivity contribution is 0.0668. The van der Waals surface area contributed by atoms with Crippen molar-refractivity contribution in [3.8, 4) is 0 Å². The van der Waals surface area contributed by atoms with E-state index in [0.29, 0.717) is 31.0 Å². The minimum Gasteiger partial charge on any atom is -0.445 e. The molecule has 2 amide bonds. The fourth-order valence-corrected chi connectivity index (χ4v) is 5.25. The Morgan fingerprint density at radius 2 is 1.83 bits per heavy atom. The molecule has 36 heavy (non-hydrogen) atoms. The summed E-state index contributed by atoms with van der Waals surface area (Å²) in [7, 11) is 0. The predicted molar refractivity (Wildman–Crippen MR) is 138 cm³/mol. The van der Waals surface area contributed by atoms with Gasteiger partial charge in [0.2, 0.25) is 0 Å². The molecule has 0 bridgehead atoms. The quantitative estimate of drug-likeness (QED) is 0.662. The molecule has 2 saturated heterocycles. The van der Waals surface area contributed by atoms with Gasteiger partial charge in [-0.15, -0.1) is 0 Å². The molecule has 0 saturated carbocycles. The van der Waals surface area contributed by atoms with Crippen molar-refractivity contribution >= 4 is 17.8 Å². The van der Waals surface area contributed by atoms with Crippen LogP contribution in [0.1, 0.15) is 48.0 Å². The van der Waals surface area contributed by atoms with Crippen molar-refractivity contribution < 1.29 is 14.3 Å². The summed E-state index contributed by atoms with van der Waals surface area (Å²) in [5.41, 5.74) is 9.05. The summed E-state index contributed by atoms with van der Waals surface area (Å²) < 4.78 is 5.51. The van der Waals surface area contributed by atoms with Crippen molar-refractivity contribution in [3.05, 3.63) is 83.3 Å². The van der Waals surface area contributed by atoms with Gasteiger partial charge in [-0.1, -0.05) is 36.4 Å². The van der Waals surface area contributed by atoms with E-state index >= 15 is 0 Å². The molecule has 0 radical (unpaired) electrons. The highest BCUT2D eigenvalue weighted by molar-refractivity contribution is 5.95. The van der Waals surface area contributed by atoms with E-state index in [0.717, 1.165) is 62.3 Å². The summed E-state index contributed by atoms with van der Waals surface area (Å²) in [4.78, 5) is 33.9.